The number of ether oxygens (including phenoxy) is 9. The summed E-state index contributed by atoms with van der Waals surface area (Å²) in [6.45, 7) is 14.3. The molecule has 2 saturated heterocycles. The van der Waals surface area contributed by atoms with Crippen molar-refractivity contribution in [2.24, 2.45) is 7.05 Å². The maximum absolute atomic E-state index is 13.8. The maximum atomic E-state index is 13.8. The van der Waals surface area contributed by atoms with Crippen molar-refractivity contribution in [3.8, 4) is 120 Å². The van der Waals surface area contributed by atoms with Crippen LogP contribution in [0.1, 0.15) is 70.2 Å². The van der Waals surface area contributed by atoms with E-state index in [2.05, 4.69) is 43.7 Å². The van der Waals surface area contributed by atoms with Gasteiger partial charge < -0.3 is 62.6 Å². The molecule has 17 rings (SSSR count). The van der Waals surface area contributed by atoms with Gasteiger partial charge >= 0.3 is 11.9 Å². The molecule has 0 radical (unpaired) electrons. The van der Waals surface area contributed by atoms with E-state index in [0.29, 0.717) is 164 Å². The number of rotatable bonds is 36. The van der Waals surface area contributed by atoms with E-state index in [9.17, 15) is 19.8 Å². The highest BCUT2D eigenvalue weighted by atomic mass is 35.5. The fourth-order valence-electron chi connectivity index (χ4n) is 16.3. The lowest BCUT2D eigenvalue weighted by molar-refractivity contribution is -0.145. The Balaban J connectivity index is 0.642. The van der Waals surface area contributed by atoms with Gasteiger partial charge in [-0.25, -0.2) is 29.5 Å². The van der Waals surface area contributed by atoms with Gasteiger partial charge in [0, 0.05) is 138 Å². The summed E-state index contributed by atoms with van der Waals surface area (Å²) >= 11 is 17.0. The van der Waals surface area contributed by atoms with E-state index in [1.165, 1.54) is 11.5 Å². The Kier molecular flexibility index (Phi) is 27.3. The van der Waals surface area contributed by atoms with Gasteiger partial charge in [-0.05, 0) is 188 Å². The van der Waals surface area contributed by atoms with Gasteiger partial charge in [-0.3, -0.25) is 24.4 Å². The van der Waals surface area contributed by atoms with Crippen molar-refractivity contribution in [2.75, 3.05) is 107 Å². The standard InChI is InChI=1S/C97H96Cl2N14O13S2/c1-58-69(29-31-77(88(58)98)120-47-45-112-41-37-109(3)38-42-112)84-86-82(53-102-90(84)60-16-14-17-60)127-107-94(86)126-81(97(116)117)51-64-24-23-62(49-79(64)124-56-66-34-36-101-93(105-66)72-19-10-13-22-76(72)119-7)73-52-67(106-111(73)5)57-122-68-27-25-61(26-28-68)91-85(70-30-32-78(89(99)59(70)2)121-48-46-113-43-39-110(4)40-44-113)87-83(54-103-91)128-108-95(87)125-80(96(114)115)50-63-15-8-11-20-74(63)123-55-65-33-35-100-92(104-65)71-18-9-12-21-75(71)118-6/h8-13,15,18-36,49,52-54,60,80-81H,14,16-17,37-48,50-51,55-57H2,1-7H3,(H,114,115)(H,116,117)/t80-,81-/m1/s1. The zero-order valence-corrected chi connectivity index (χ0v) is 75.1. The van der Waals surface area contributed by atoms with Crippen molar-refractivity contribution in [2.45, 2.75) is 83.9 Å². The van der Waals surface area contributed by atoms with Gasteiger partial charge in [0.2, 0.25) is 24.0 Å². The number of methoxy groups -OCH3 is 2. The number of aromatic nitrogens is 10. The summed E-state index contributed by atoms with van der Waals surface area (Å²) in [5, 5.41) is 29.4. The molecule has 0 unspecified atom stereocenters. The lowest BCUT2D eigenvalue weighted by Crippen LogP contribution is -2.45. The number of fused-ring (bicyclic) bond motifs is 2. The Morgan fingerprint density at radius 1 is 0.492 bits per heavy atom. The topological polar surface area (TPSA) is 292 Å². The molecule has 3 aliphatic rings. The van der Waals surface area contributed by atoms with Crippen LogP contribution in [0.4, 0.5) is 0 Å². The third kappa shape index (κ3) is 19.7. The zero-order valence-electron chi connectivity index (χ0n) is 71.9. The number of pyridine rings is 2. The second-order valence-corrected chi connectivity index (χ2v) is 34.4. The van der Waals surface area contributed by atoms with Crippen LogP contribution in [0, 0.1) is 13.8 Å². The van der Waals surface area contributed by atoms with Crippen molar-refractivity contribution < 1.29 is 62.4 Å². The minimum absolute atomic E-state index is 0.0221. The number of likely N-dealkylation sites (N-methyl/N-ethyl adjacent to an activating group) is 2. The average Bonchev–Trinajstić information content (AvgIpc) is 1.52. The number of hydrogen-bond donors (Lipinski definition) is 2. The van der Waals surface area contributed by atoms with Crippen LogP contribution < -0.4 is 42.6 Å². The molecule has 128 heavy (non-hydrogen) atoms. The summed E-state index contributed by atoms with van der Waals surface area (Å²) in [6.07, 6.45) is 6.73. The summed E-state index contributed by atoms with van der Waals surface area (Å²) in [5.41, 5.74) is 12.3. The molecule has 31 heteroatoms. The van der Waals surface area contributed by atoms with Gasteiger partial charge in [-0.15, -0.1) is 0 Å². The molecule has 1 saturated carbocycles. The third-order valence-electron chi connectivity index (χ3n) is 23.8. The van der Waals surface area contributed by atoms with Crippen LogP contribution >= 0.6 is 46.3 Å². The zero-order chi connectivity index (χ0) is 88.5. The molecule has 7 aromatic carbocycles. The number of benzene rings is 7. The molecule has 658 valence electrons. The first kappa shape index (κ1) is 87.6. The number of carboxylic acid groups (broad SMARTS) is 2. The molecule has 3 fully saturated rings. The number of aliphatic carboxylic acids is 2. The van der Waals surface area contributed by atoms with Gasteiger partial charge in [0.15, 0.2) is 11.6 Å². The smallest absolute Gasteiger partial charge is 0.345 e. The number of para-hydroxylation sites is 3. The minimum Gasteiger partial charge on any atom is -0.496 e. The van der Waals surface area contributed by atoms with Gasteiger partial charge in [0.25, 0.3) is 0 Å². The van der Waals surface area contributed by atoms with Crippen molar-refractivity contribution in [3.05, 3.63) is 238 Å². The molecule has 1 aliphatic carbocycles. The predicted octanol–water partition coefficient (Wildman–Crippen LogP) is 17.4. The van der Waals surface area contributed by atoms with Gasteiger partial charge in [0.05, 0.1) is 84.0 Å². The largest absolute Gasteiger partial charge is 0.496 e. The quantitative estimate of drug-likeness (QED) is 0.0369. The average molecular weight is 1800 g/mol. The van der Waals surface area contributed by atoms with Crippen LogP contribution in [0.3, 0.4) is 0 Å². The number of aryl methyl sites for hydroxylation is 1. The summed E-state index contributed by atoms with van der Waals surface area (Å²) in [5.74, 6) is 2.64. The molecule has 0 amide bonds. The van der Waals surface area contributed by atoms with Gasteiger partial charge in [0.1, 0.15) is 79.0 Å². The van der Waals surface area contributed by atoms with E-state index in [1.807, 2.05) is 167 Å². The highest BCUT2D eigenvalue weighted by Crippen LogP contribution is 2.51. The molecule has 27 nitrogen and oxygen atoms in total. The van der Waals surface area contributed by atoms with Crippen molar-refractivity contribution in [3.63, 3.8) is 0 Å². The molecule has 14 aromatic rings. The molecule has 7 aromatic heterocycles. The fraction of sp³-hybridized carbons (Fsp3) is 0.309. The highest BCUT2D eigenvalue weighted by molar-refractivity contribution is 7.14. The highest BCUT2D eigenvalue weighted by Gasteiger charge is 2.34. The summed E-state index contributed by atoms with van der Waals surface area (Å²) < 4.78 is 70.0. The Labute approximate surface area is 759 Å². The molecule has 9 heterocycles. The Hall–Kier alpha value is -12.5. The Morgan fingerprint density at radius 2 is 0.984 bits per heavy atom. The summed E-state index contributed by atoms with van der Waals surface area (Å²) in [7, 11) is 9.31. The molecular weight excluding hydrogens is 1700 g/mol. The second kappa shape index (κ2) is 39.8. The Bertz CT molecular complexity index is 6360. The normalized spacial score (nSPS) is 14.6. The lowest BCUT2D eigenvalue weighted by atomic mass is 9.79. The number of halogens is 2. The SMILES string of the molecule is COc1ccccc1-c1nccc(COc2ccccc2C[C@@H](Oc2nsc3cnc(-c4ccc(OCc5cc(-c6ccc(C[C@@H](Oc7nsc8cnc(C9CCC9)c(-c9ccc(OCCN%10CCN(C)CC%10)c(Cl)c9C)c78)C(=O)O)c(OCc7ccnc(-c8ccccc8OC)n7)c6)n(C)n5)cc4)c(-c4ccc(OCCN5CCN(C)CC5)c(Cl)c4C)c23)C(=O)O)n1. The molecule has 2 N–H and O–H groups in total. The van der Waals surface area contributed by atoms with Crippen molar-refractivity contribution >= 4 is 78.4 Å². The number of hydrogen-bond acceptors (Lipinski definition) is 26. The molecule has 0 bridgehead atoms. The van der Waals surface area contributed by atoms with Crippen LogP contribution in [0.15, 0.2) is 183 Å². The third-order valence-corrected chi connectivity index (χ3v) is 26.2. The lowest BCUT2D eigenvalue weighted by Gasteiger charge is -2.32. The van der Waals surface area contributed by atoms with E-state index < -0.39 is 24.1 Å². The van der Waals surface area contributed by atoms with Crippen LogP contribution in [0.25, 0.3) is 87.7 Å². The van der Waals surface area contributed by atoms with Crippen LogP contribution in [0.5, 0.6) is 52.0 Å². The number of carbonyl (C=O) groups is 2. The minimum atomic E-state index is -1.45. The Morgan fingerprint density at radius 3 is 1.52 bits per heavy atom. The maximum Gasteiger partial charge on any atom is 0.345 e. The molecule has 0 spiro atoms. The molecular formula is C97H96Cl2N14O13S2. The molecule has 2 aliphatic heterocycles. The summed E-state index contributed by atoms with van der Waals surface area (Å²) in [6, 6.07) is 48.6. The van der Waals surface area contributed by atoms with E-state index in [-0.39, 0.29) is 50.3 Å². The van der Waals surface area contributed by atoms with E-state index in [4.69, 9.17) is 99.6 Å². The monoisotopic (exact) mass is 1800 g/mol. The second-order valence-electron chi connectivity index (χ2n) is 32.1. The molecule has 2 atom stereocenters. The predicted molar refractivity (Wildman–Crippen MR) is 494 cm³/mol. The van der Waals surface area contributed by atoms with Crippen LogP contribution in [-0.2, 0) is 49.3 Å². The van der Waals surface area contributed by atoms with Crippen molar-refractivity contribution in [1.29, 1.82) is 0 Å². The van der Waals surface area contributed by atoms with E-state index >= 15 is 0 Å². The number of nitrogens with zero attached hydrogens (tertiary/aromatic N) is 14. The van der Waals surface area contributed by atoms with Crippen molar-refractivity contribution in [1.82, 2.24) is 68.0 Å². The number of carboxylic acids is 2. The first-order chi connectivity index (χ1) is 62.4. The number of piperazine rings is 2. The van der Waals surface area contributed by atoms with Crippen LogP contribution in [-0.4, -0.2) is 209 Å². The van der Waals surface area contributed by atoms with Gasteiger partial charge in [-0.2, -0.15) is 13.8 Å². The first-order valence-corrected chi connectivity index (χ1v) is 44.8. The fourth-order valence-corrected chi connectivity index (χ4v) is 18.1. The van der Waals surface area contributed by atoms with E-state index in [0.717, 1.165) is 129 Å². The summed E-state index contributed by atoms with van der Waals surface area (Å²) in [4.78, 5) is 65.8. The first-order valence-electron chi connectivity index (χ1n) is 42.5. The van der Waals surface area contributed by atoms with Crippen LogP contribution in [0.2, 0.25) is 10.0 Å². The van der Waals surface area contributed by atoms with Gasteiger partial charge in [-0.1, -0.05) is 96.4 Å². The van der Waals surface area contributed by atoms with E-state index in [1.54, 1.807) is 55.7 Å².